The molecule has 0 fully saturated rings. The molecule has 140 valence electrons. The van der Waals surface area contributed by atoms with Gasteiger partial charge in [-0.15, -0.1) is 0 Å². The fourth-order valence-corrected chi connectivity index (χ4v) is 2.93. The van der Waals surface area contributed by atoms with Crippen molar-refractivity contribution in [1.29, 1.82) is 0 Å². The van der Waals surface area contributed by atoms with Gasteiger partial charge in [-0.3, -0.25) is 0 Å². The van der Waals surface area contributed by atoms with Crippen LogP contribution in [0.2, 0.25) is 0 Å². The lowest BCUT2D eigenvalue weighted by Crippen LogP contribution is -2.28. The third-order valence-electron chi connectivity index (χ3n) is 4.24. The fraction of sp³-hybridized carbons (Fsp3) is 0.150. The summed E-state index contributed by atoms with van der Waals surface area (Å²) >= 11 is 0. The zero-order valence-electron chi connectivity index (χ0n) is 14.8. The molecule has 2 amide bonds. The van der Waals surface area contributed by atoms with Crippen LogP contribution in [0.5, 0.6) is 0 Å². The highest BCUT2D eigenvalue weighted by molar-refractivity contribution is 5.89. The molecule has 0 unspecified atom stereocenters. The van der Waals surface area contributed by atoms with E-state index >= 15 is 0 Å². The van der Waals surface area contributed by atoms with E-state index in [2.05, 4.69) is 10.6 Å². The number of aromatic nitrogens is 1. The van der Waals surface area contributed by atoms with Crippen LogP contribution < -0.4 is 10.6 Å². The molecule has 4 nitrogen and oxygen atoms in total. The minimum absolute atomic E-state index is 0.198. The van der Waals surface area contributed by atoms with Gasteiger partial charge < -0.3 is 15.2 Å². The second kappa shape index (κ2) is 7.57. The maximum absolute atomic E-state index is 13.6. The van der Waals surface area contributed by atoms with Crippen LogP contribution in [-0.2, 0) is 6.54 Å². The lowest BCUT2D eigenvalue weighted by Gasteiger charge is -2.11. The molecule has 0 saturated heterocycles. The number of halogens is 3. The Hall–Kier alpha value is -3.22. The minimum atomic E-state index is -0.721. The van der Waals surface area contributed by atoms with Crippen molar-refractivity contribution in [3.63, 3.8) is 0 Å². The number of amides is 2. The van der Waals surface area contributed by atoms with E-state index in [-0.39, 0.29) is 18.0 Å². The molecule has 2 N–H and O–H groups in total. The summed E-state index contributed by atoms with van der Waals surface area (Å²) in [7, 11) is 0. The number of aryl methyl sites for hydroxylation is 1. The highest BCUT2D eigenvalue weighted by Crippen LogP contribution is 2.21. The summed E-state index contributed by atoms with van der Waals surface area (Å²) in [6.07, 6.45) is 0. The van der Waals surface area contributed by atoms with Crippen LogP contribution >= 0.6 is 0 Å². The maximum Gasteiger partial charge on any atom is 0.319 e. The van der Waals surface area contributed by atoms with E-state index in [1.54, 1.807) is 12.1 Å². The molecule has 1 heterocycles. The molecule has 0 aliphatic carbocycles. The number of carbonyl (C=O) groups is 1. The monoisotopic (exact) mass is 373 g/mol. The Bertz CT molecular complexity index is 981. The molecule has 7 heteroatoms. The number of anilines is 1. The third kappa shape index (κ3) is 4.13. The van der Waals surface area contributed by atoms with Gasteiger partial charge in [0.15, 0.2) is 0 Å². The van der Waals surface area contributed by atoms with Crippen molar-refractivity contribution in [3.8, 4) is 5.69 Å². The first-order chi connectivity index (χ1) is 12.8. The second-order valence-electron chi connectivity index (χ2n) is 6.14. The summed E-state index contributed by atoms with van der Waals surface area (Å²) in [5.41, 5.74) is 3.24. The molecule has 0 radical (unpaired) electrons. The van der Waals surface area contributed by atoms with E-state index < -0.39 is 17.7 Å². The minimum Gasteiger partial charge on any atom is -0.334 e. The van der Waals surface area contributed by atoms with E-state index in [9.17, 15) is 18.0 Å². The van der Waals surface area contributed by atoms with Crippen LogP contribution in [0.1, 0.15) is 17.0 Å². The van der Waals surface area contributed by atoms with Crippen molar-refractivity contribution < 1.29 is 18.0 Å². The highest BCUT2D eigenvalue weighted by atomic mass is 19.1. The second-order valence-corrected chi connectivity index (χ2v) is 6.14. The number of benzene rings is 2. The number of nitrogens with one attached hydrogen (secondary N) is 2. The Morgan fingerprint density at radius 3 is 2.33 bits per heavy atom. The maximum atomic E-state index is 13.6. The van der Waals surface area contributed by atoms with Gasteiger partial charge in [0, 0.05) is 29.7 Å². The average Bonchev–Trinajstić information content (AvgIpc) is 2.91. The zero-order valence-corrected chi connectivity index (χ0v) is 14.8. The zero-order chi connectivity index (χ0) is 19.6. The molecule has 0 aliphatic heterocycles. The van der Waals surface area contributed by atoms with Crippen molar-refractivity contribution in [1.82, 2.24) is 9.88 Å². The highest BCUT2D eigenvalue weighted by Gasteiger charge is 2.13. The fourth-order valence-electron chi connectivity index (χ4n) is 2.93. The van der Waals surface area contributed by atoms with Gasteiger partial charge >= 0.3 is 6.03 Å². The molecular formula is C20H18F3N3O. The molecule has 0 spiro atoms. The van der Waals surface area contributed by atoms with Gasteiger partial charge in [-0.25, -0.2) is 18.0 Å². The standard InChI is InChI=1S/C20H18F3N3O/c1-12-9-14(13(2)26(12)17-6-3-15(21)4-7-17)11-24-20(27)25-19-10-16(22)5-8-18(19)23/h3-10H,11H2,1-2H3,(H2,24,25,27). The predicted molar refractivity (Wildman–Crippen MR) is 97.4 cm³/mol. The lowest BCUT2D eigenvalue weighted by molar-refractivity contribution is 0.251. The van der Waals surface area contributed by atoms with Gasteiger partial charge in [0.1, 0.15) is 17.5 Å². The Morgan fingerprint density at radius 2 is 1.63 bits per heavy atom. The summed E-state index contributed by atoms with van der Waals surface area (Å²) < 4.78 is 41.8. The van der Waals surface area contributed by atoms with Crippen LogP contribution in [0.25, 0.3) is 5.69 Å². The van der Waals surface area contributed by atoms with E-state index in [0.717, 1.165) is 40.8 Å². The summed E-state index contributed by atoms with van der Waals surface area (Å²) in [6.45, 7) is 3.99. The SMILES string of the molecule is Cc1cc(CNC(=O)Nc2cc(F)ccc2F)c(C)n1-c1ccc(F)cc1. The smallest absolute Gasteiger partial charge is 0.319 e. The Morgan fingerprint density at radius 1 is 0.963 bits per heavy atom. The summed E-state index contributed by atoms with van der Waals surface area (Å²) in [6, 6.07) is 10.2. The molecule has 2 aromatic carbocycles. The molecule has 0 bridgehead atoms. The molecule has 1 aromatic heterocycles. The van der Waals surface area contributed by atoms with Crippen LogP contribution in [-0.4, -0.2) is 10.6 Å². The van der Waals surface area contributed by atoms with Crippen LogP contribution in [0.15, 0.2) is 48.5 Å². The number of rotatable bonds is 4. The van der Waals surface area contributed by atoms with E-state index in [0.29, 0.717) is 0 Å². The molecular weight excluding hydrogens is 355 g/mol. The van der Waals surface area contributed by atoms with Gasteiger partial charge in [-0.05, 0) is 61.9 Å². The van der Waals surface area contributed by atoms with E-state index in [1.807, 2.05) is 24.5 Å². The molecule has 0 saturated carbocycles. The molecule has 0 atom stereocenters. The molecule has 3 aromatic rings. The largest absolute Gasteiger partial charge is 0.334 e. The average molecular weight is 373 g/mol. The van der Waals surface area contributed by atoms with Gasteiger partial charge in [0.2, 0.25) is 0 Å². The van der Waals surface area contributed by atoms with Gasteiger partial charge in [-0.2, -0.15) is 0 Å². The van der Waals surface area contributed by atoms with Gasteiger partial charge in [0.05, 0.1) is 5.69 Å². The first-order valence-electron chi connectivity index (χ1n) is 8.29. The number of carbonyl (C=O) groups excluding carboxylic acids is 1. The van der Waals surface area contributed by atoms with Crippen molar-refractivity contribution in [3.05, 3.63) is 82.9 Å². The van der Waals surface area contributed by atoms with E-state index in [4.69, 9.17) is 0 Å². The first-order valence-corrected chi connectivity index (χ1v) is 8.29. The quantitative estimate of drug-likeness (QED) is 0.676. The van der Waals surface area contributed by atoms with Crippen molar-refractivity contribution in [2.24, 2.45) is 0 Å². The number of hydrogen-bond acceptors (Lipinski definition) is 1. The Labute approximate surface area is 154 Å². The van der Waals surface area contributed by atoms with Crippen molar-refractivity contribution >= 4 is 11.7 Å². The first kappa shape index (κ1) is 18.6. The van der Waals surface area contributed by atoms with Crippen molar-refractivity contribution in [2.45, 2.75) is 20.4 Å². The molecule has 27 heavy (non-hydrogen) atoms. The van der Waals surface area contributed by atoms with Crippen LogP contribution in [0.3, 0.4) is 0 Å². The summed E-state index contributed by atoms with van der Waals surface area (Å²) in [4.78, 5) is 12.0. The number of nitrogens with zero attached hydrogens (tertiary/aromatic N) is 1. The van der Waals surface area contributed by atoms with Crippen LogP contribution in [0, 0.1) is 31.3 Å². The Balaban J connectivity index is 1.71. The summed E-state index contributed by atoms with van der Waals surface area (Å²) in [5, 5.41) is 4.91. The predicted octanol–water partition coefficient (Wildman–Crippen LogP) is 4.83. The number of urea groups is 1. The topological polar surface area (TPSA) is 46.1 Å². The number of hydrogen-bond donors (Lipinski definition) is 2. The van der Waals surface area contributed by atoms with Crippen LogP contribution in [0.4, 0.5) is 23.7 Å². The lowest BCUT2D eigenvalue weighted by atomic mass is 10.2. The summed E-state index contributed by atoms with van der Waals surface area (Å²) in [5.74, 6) is -1.68. The van der Waals surface area contributed by atoms with Gasteiger partial charge in [-0.1, -0.05) is 0 Å². The van der Waals surface area contributed by atoms with Gasteiger partial charge in [0.25, 0.3) is 0 Å². The van der Waals surface area contributed by atoms with E-state index in [1.165, 1.54) is 12.1 Å². The van der Waals surface area contributed by atoms with Crippen molar-refractivity contribution in [2.75, 3.05) is 5.32 Å². The molecule has 3 rings (SSSR count). The normalized spacial score (nSPS) is 10.7. The third-order valence-corrected chi connectivity index (χ3v) is 4.24. The Kier molecular flexibility index (Phi) is 5.21. The molecule has 0 aliphatic rings.